The van der Waals surface area contributed by atoms with Crippen LogP contribution in [0.25, 0.3) is 0 Å². The summed E-state index contributed by atoms with van der Waals surface area (Å²) in [4.78, 5) is 24.0. The number of carbonyl (C=O) groups excluding carboxylic acids is 2. The van der Waals surface area contributed by atoms with E-state index < -0.39 is 12.0 Å². The van der Waals surface area contributed by atoms with Gasteiger partial charge < -0.3 is 5.11 Å². The zero-order chi connectivity index (χ0) is 14.9. The van der Waals surface area contributed by atoms with E-state index in [2.05, 4.69) is 5.43 Å². The van der Waals surface area contributed by atoms with Crippen LogP contribution in [-0.2, 0) is 9.59 Å². The fourth-order valence-electron chi connectivity index (χ4n) is 2.97. The van der Waals surface area contributed by atoms with Crippen LogP contribution >= 0.6 is 11.8 Å². The molecule has 2 fully saturated rings. The molecule has 3 rings (SSSR count). The Bertz CT molecular complexity index is 543. The van der Waals surface area contributed by atoms with Crippen molar-refractivity contribution in [1.29, 1.82) is 0 Å². The van der Waals surface area contributed by atoms with E-state index in [9.17, 15) is 14.7 Å². The van der Waals surface area contributed by atoms with Gasteiger partial charge in [0, 0.05) is 0 Å². The number of nitrogens with zero attached hydrogens (tertiary/aromatic N) is 1. The number of amides is 2. The predicted octanol–water partition coefficient (Wildman–Crippen LogP) is 1.60. The highest BCUT2D eigenvalue weighted by atomic mass is 32.2. The van der Waals surface area contributed by atoms with Crippen LogP contribution in [0.5, 0.6) is 0 Å². The highest BCUT2D eigenvalue weighted by Crippen LogP contribution is 2.47. The number of benzene rings is 1. The van der Waals surface area contributed by atoms with Crippen LogP contribution in [0.15, 0.2) is 30.3 Å². The lowest BCUT2D eigenvalue weighted by Gasteiger charge is -2.34. The highest BCUT2D eigenvalue weighted by molar-refractivity contribution is 8.01. The summed E-state index contributed by atoms with van der Waals surface area (Å²) in [6.45, 7) is 0. The standard InChI is InChI=1S/C15H18N2O3S/c18-12-10-21-15(8-4-5-9-15)17(12)16-14(20)13(19)11-6-2-1-3-7-11/h1-3,6-7,13,19H,4-5,8-10H2,(H,16,20). The van der Waals surface area contributed by atoms with E-state index in [1.54, 1.807) is 36.0 Å². The van der Waals surface area contributed by atoms with Crippen molar-refractivity contribution in [3.8, 4) is 0 Å². The molecule has 1 saturated heterocycles. The van der Waals surface area contributed by atoms with Gasteiger partial charge in [0.15, 0.2) is 6.10 Å². The Balaban J connectivity index is 1.73. The summed E-state index contributed by atoms with van der Waals surface area (Å²) in [5, 5.41) is 11.6. The van der Waals surface area contributed by atoms with Gasteiger partial charge in [-0.25, -0.2) is 5.01 Å². The molecule has 0 aromatic heterocycles. The Morgan fingerprint density at radius 2 is 1.95 bits per heavy atom. The maximum atomic E-state index is 12.2. The zero-order valence-corrected chi connectivity index (χ0v) is 12.4. The molecule has 112 valence electrons. The largest absolute Gasteiger partial charge is 0.378 e. The van der Waals surface area contributed by atoms with Crippen LogP contribution in [0, 0.1) is 0 Å². The number of hydrazine groups is 1. The van der Waals surface area contributed by atoms with Crippen molar-refractivity contribution in [3.05, 3.63) is 35.9 Å². The molecule has 1 aliphatic heterocycles. The van der Waals surface area contributed by atoms with Gasteiger partial charge in [0.25, 0.3) is 11.8 Å². The van der Waals surface area contributed by atoms with Crippen LogP contribution in [0.3, 0.4) is 0 Å². The monoisotopic (exact) mass is 306 g/mol. The summed E-state index contributed by atoms with van der Waals surface area (Å²) in [5.74, 6) is -0.249. The second kappa shape index (κ2) is 5.69. The Kier molecular flexibility index (Phi) is 3.91. The molecule has 2 N–H and O–H groups in total. The summed E-state index contributed by atoms with van der Waals surface area (Å²) in [5.41, 5.74) is 3.16. The maximum Gasteiger partial charge on any atom is 0.272 e. The summed E-state index contributed by atoms with van der Waals surface area (Å²) >= 11 is 1.60. The molecule has 1 unspecified atom stereocenters. The third-order valence-electron chi connectivity index (χ3n) is 4.09. The van der Waals surface area contributed by atoms with Crippen LogP contribution in [0.1, 0.15) is 37.4 Å². The summed E-state index contributed by atoms with van der Waals surface area (Å²) in [6.07, 6.45) is 2.65. The Morgan fingerprint density at radius 1 is 1.29 bits per heavy atom. The third-order valence-corrected chi connectivity index (χ3v) is 5.61. The van der Waals surface area contributed by atoms with Gasteiger partial charge >= 0.3 is 0 Å². The minimum atomic E-state index is -1.26. The molecule has 2 aliphatic rings. The van der Waals surface area contributed by atoms with E-state index in [0.717, 1.165) is 25.7 Å². The second-order valence-electron chi connectivity index (χ2n) is 5.46. The van der Waals surface area contributed by atoms with Gasteiger partial charge in [0.1, 0.15) is 4.87 Å². The molecule has 21 heavy (non-hydrogen) atoms. The average Bonchev–Trinajstić information content (AvgIpc) is 3.10. The number of aliphatic hydroxyl groups excluding tert-OH is 1. The first kappa shape index (κ1) is 14.4. The van der Waals surface area contributed by atoms with Crippen molar-refractivity contribution in [2.75, 3.05) is 5.75 Å². The number of aliphatic hydroxyl groups is 1. The third kappa shape index (κ3) is 2.65. The molecule has 1 spiro atoms. The number of carbonyl (C=O) groups is 2. The van der Waals surface area contributed by atoms with Gasteiger partial charge in [-0.2, -0.15) is 0 Å². The van der Waals surface area contributed by atoms with Crippen molar-refractivity contribution in [2.45, 2.75) is 36.7 Å². The second-order valence-corrected chi connectivity index (χ2v) is 6.80. The molecular formula is C15H18N2O3S. The maximum absolute atomic E-state index is 12.2. The van der Waals surface area contributed by atoms with Gasteiger partial charge in [-0.05, 0) is 18.4 Å². The predicted molar refractivity (Wildman–Crippen MR) is 80.0 cm³/mol. The van der Waals surface area contributed by atoms with Gasteiger partial charge in [0.05, 0.1) is 5.75 Å². The van der Waals surface area contributed by atoms with Crippen LogP contribution in [0.4, 0.5) is 0 Å². The quantitative estimate of drug-likeness (QED) is 0.890. The highest BCUT2D eigenvalue weighted by Gasteiger charge is 2.49. The minimum Gasteiger partial charge on any atom is -0.378 e. The number of hydrogen-bond acceptors (Lipinski definition) is 4. The normalized spacial score (nSPS) is 21.8. The molecular weight excluding hydrogens is 288 g/mol. The molecule has 1 aliphatic carbocycles. The summed E-state index contributed by atoms with van der Waals surface area (Å²) in [6, 6.07) is 8.73. The van der Waals surface area contributed by atoms with E-state index in [1.165, 1.54) is 5.01 Å². The van der Waals surface area contributed by atoms with E-state index in [-0.39, 0.29) is 10.8 Å². The Labute approximate surface area is 127 Å². The first-order valence-electron chi connectivity index (χ1n) is 7.13. The SMILES string of the molecule is O=C(NN1C(=O)CSC12CCCC2)C(O)c1ccccc1. The minimum absolute atomic E-state index is 0.0875. The molecule has 1 heterocycles. The number of rotatable bonds is 3. The lowest BCUT2D eigenvalue weighted by molar-refractivity contribution is -0.146. The number of thioether (sulfide) groups is 1. The Morgan fingerprint density at radius 3 is 2.62 bits per heavy atom. The van der Waals surface area contributed by atoms with Crippen molar-refractivity contribution in [3.63, 3.8) is 0 Å². The number of nitrogens with one attached hydrogen (secondary N) is 1. The smallest absolute Gasteiger partial charge is 0.272 e. The van der Waals surface area contributed by atoms with Crippen molar-refractivity contribution < 1.29 is 14.7 Å². The van der Waals surface area contributed by atoms with Gasteiger partial charge in [0.2, 0.25) is 0 Å². The molecule has 0 bridgehead atoms. The lowest BCUT2D eigenvalue weighted by atomic mass is 10.1. The van der Waals surface area contributed by atoms with Crippen LogP contribution in [0.2, 0.25) is 0 Å². The first-order valence-corrected chi connectivity index (χ1v) is 8.11. The Hall–Kier alpha value is -1.53. The fraction of sp³-hybridized carbons (Fsp3) is 0.467. The molecule has 1 saturated carbocycles. The molecule has 6 heteroatoms. The van der Waals surface area contributed by atoms with Crippen LogP contribution < -0.4 is 5.43 Å². The van der Waals surface area contributed by atoms with Gasteiger partial charge in [-0.1, -0.05) is 43.2 Å². The topological polar surface area (TPSA) is 69.6 Å². The van der Waals surface area contributed by atoms with E-state index in [1.807, 2.05) is 6.07 Å². The summed E-state index contributed by atoms with van der Waals surface area (Å²) < 4.78 is 0. The molecule has 5 nitrogen and oxygen atoms in total. The molecule has 1 aromatic carbocycles. The van der Waals surface area contributed by atoms with Crippen molar-refractivity contribution in [2.24, 2.45) is 0 Å². The van der Waals surface area contributed by atoms with Crippen molar-refractivity contribution in [1.82, 2.24) is 10.4 Å². The van der Waals surface area contributed by atoms with E-state index >= 15 is 0 Å². The molecule has 2 amide bonds. The zero-order valence-electron chi connectivity index (χ0n) is 11.6. The average molecular weight is 306 g/mol. The molecule has 1 aromatic rings. The number of hydrogen-bond donors (Lipinski definition) is 2. The van der Waals surface area contributed by atoms with E-state index in [4.69, 9.17) is 0 Å². The molecule has 0 radical (unpaired) electrons. The lowest BCUT2D eigenvalue weighted by Crippen LogP contribution is -2.54. The van der Waals surface area contributed by atoms with Crippen LogP contribution in [-0.4, -0.2) is 32.6 Å². The van der Waals surface area contributed by atoms with E-state index in [0.29, 0.717) is 11.3 Å². The summed E-state index contributed by atoms with van der Waals surface area (Å²) in [7, 11) is 0. The van der Waals surface area contributed by atoms with Gasteiger partial charge in [-0.15, -0.1) is 11.8 Å². The first-order chi connectivity index (χ1) is 10.1. The fourth-order valence-corrected chi connectivity index (χ4v) is 4.35. The van der Waals surface area contributed by atoms with Crippen molar-refractivity contribution >= 4 is 23.6 Å². The molecule has 1 atom stereocenters. The van der Waals surface area contributed by atoms with Gasteiger partial charge in [-0.3, -0.25) is 15.0 Å².